The van der Waals surface area contributed by atoms with Crippen LogP contribution in [0.25, 0.3) is 21.8 Å². The van der Waals surface area contributed by atoms with Gasteiger partial charge in [0.05, 0.1) is 16.3 Å². The number of amides is 1. The Morgan fingerprint density at radius 2 is 2.21 bits per heavy atom. The van der Waals surface area contributed by atoms with Crippen LogP contribution in [0.15, 0.2) is 49.2 Å². The Kier molecular flexibility index (Phi) is 6.57. The van der Waals surface area contributed by atoms with Crippen LogP contribution in [-0.4, -0.2) is 34.2 Å². The normalized spacial score (nSPS) is 10.4. The van der Waals surface area contributed by atoms with Gasteiger partial charge in [0, 0.05) is 24.0 Å². The zero-order chi connectivity index (χ0) is 19.9. The molecule has 1 amide bonds. The lowest BCUT2D eigenvalue weighted by Crippen LogP contribution is -2.13. The maximum absolute atomic E-state index is 11.8. The summed E-state index contributed by atoms with van der Waals surface area (Å²) >= 11 is 7.44. The summed E-state index contributed by atoms with van der Waals surface area (Å²) in [7, 11) is 0. The Labute approximate surface area is 171 Å². The van der Waals surface area contributed by atoms with E-state index >= 15 is 0 Å². The molecule has 0 aliphatic heterocycles. The summed E-state index contributed by atoms with van der Waals surface area (Å²) in [6.07, 6.45) is 2.56. The lowest BCUT2D eigenvalue weighted by Gasteiger charge is -2.07. The van der Waals surface area contributed by atoms with Gasteiger partial charge in [0.15, 0.2) is 5.13 Å². The van der Waals surface area contributed by atoms with Gasteiger partial charge in [0.1, 0.15) is 6.61 Å². The number of ether oxygens (including phenoxy) is 1. The van der Waals surface area contributed by atoms with Gasteiger partial charge in [0.25, 0.3) is 0 Å². The number of nitrogens with one attached hydrogen (secondary N) is 2. The number of rotatable bonds is 7. The molecule has 0 bridgehead atoms. The zero-order valence-electron chi connectivity index (χ0n) is 15.1. The van der Waals surface area contributed by atoms with E-state index in [4.69, 9.17) is 21.3 Å². The van der Waals surface area contributed by atoms with Crippen molar-refractivity contribution in [1.29, 1.82) is 0 Å². The van der Waals surface area contributed by atoms with E-state index in [1.807, 2.05) is 25.1 Å². The second kappa shape index (κ2) is 9.29. The van der Waals surface area contributed by atoms with Crippen LogP contribution in [0.4, 0.5) is 15.6 Å². The van der Waals surface area contributed by atoms with Crippen molar-refractivity contribution in [3.8, 4) is 21.8 Å². The van der Waals surface area contributed by atoms with Gasteiger partial charge in [-0.05, 0) is 36.7 Å². The third kappa shape index (κ3) is 4.85. The minimum atomic E-state index is -0.550. The minimum absolute atomic E-state index is 0.141. The summed E-state index contributed by atoms with van der Waals surface area (Å²) < 4.78 is 4.96. The highest BCUT2D eigenvalue weighted by Crippen LogP contribution is 2.39. The Hall–Kier alpha value is -2.97. The summed E-state index contributed by atoms with van der Waals surface area (Å²) in [6, 6.07) is 9.13. The summed E-state index contributed by atoms with van der Waals surface area (Å²) in [4.78, 5) is 25.6. The van der Waals surface area contributed by atoms with Crippen molar-refractivity contribution >= 4 is 39.8 Å². The highest BCUT2D eigenvalue weighted by molar-refractivity contribution is 7.19. The number of hydrogen-bond donors (Lipinski definition) is 2. The molecule has 2 N–H and O–H groups in total. The molecule has 0 aliphatic rings. The second-order valence-electron chi connectivity index (χ2n) is 5.53. The third-order valence-electron chi connectivity index (χ3n) is 3.53. The summed E-state index contributed by atoms with van der Waals surface area (Å²) in [6.45, 7) is 6.40. The molecule has 2 aromatic heterocycles. The number of aromatic nitrogens is 3. The van der Waals surface area contributed by atoms with E-state index in [0.717, 1.165) is 27.8 Å². The molecule has 0 saturated heterocycles. The Morgan fingerprint density at radius 1 is 1.36 bits per heavy atom. The molecule has 144 valence electrons. The first-order chi connectivity index (χ1) is 13.6. The molecule has 1 aromatic carbocycles. The van der Waals surface area contributed by atoms with Gasteiger partial charge in [0.2, 0.25) is 5.28 Å². The van der Waals surface area contributed by atoms with Crippen LogP contribution in [0.3, 0.4) is 0 Å². The van der Waals surface area contributed by atoms with E-state index in [0.29, 0.717) is 11.4 Å². The van der Waals surface area contributed by atoms with Crippen LogP contribution in [0.1, 0.15) is 6.92 Å². The van der Waals surface area contributed by atoms with Gasteiger partial charge in [-0.15, -0.1) is 0 Å². The Morgan fingerprint density at radius 3 is 2.96 bits per heavy atom. The molecule has 9 heteroatoms. The van der Waals surface area contributed by atoms with E-state index in [-0.39, 0.29) is 11.9 Å². The van der Waals surface area contributed by atoms with E-state index in [1.165, 1.54) is 17.4 Å². The number of nitrogens with zero attached hydrogens (tertiary/aromatic N) is 3. The zero-order valence-corrected chi connectivity index (χ0v) is 16.7. The van der Waals surface area contributed by atoms with Gasteiger partial charge < -0.3 is 10.1 Å². The van der Waals surface area contributed by atoms with Gasteiger partial charge in [-0.2, -0.15) is 0 Å². The SMILES string of the molecule is C=CCOC(=O)Nc1cccc(-c2nc(NCC)sc2-c2ccnc(Cl)n2)c1. The number of carbonyl (C=O) groups excluding carboxylic acids is 1. The van der Waals surface area contributed by atoms with Crippen molar-refractivity contribution in [3.05, 3.63) is 54.5 Å². The Balaban J connectivity index is 1.97. The molecule has 3 aromatic rings. The molecular formula is C19H18ClN5O2S. The van der Waals surface area contributed by atoms with Crippen LogP contribution in [-0.2, 0) is 4.74 Å². The average molecular weight is 416 g/mol. The highest BCUT2D eigenvalue weighted by atomic mass is 35.5. The number of anilines is 2. The van der Waals surface area contributed by atoms with Crippen LogP contribution >= 0.6 is 22.9 Å². The fourth-order valence-corrected chi connectivity index (χ4v) is 3.58. The molecule has 2 heterocycles. The molecule has 3 rings (SSSR count). The van der Waals surface area contributed by atoms with Crippen LogP contribution in [0, 0.1) is 0 Å². The van der Waals surface area contributed by atoms with E-state index in [9.17, 15) is 4.79 Å². The van der Waals surface area contributed by atoms with Crippen molar-refractivity contribution in [2.75, 3.05) is 23.8 Å². The second-order valence-corrected chi connectivity index (χ2v) is 6.87. The minimum Gasteiger partial charge on any atom is -0.445 e. The van der Waals surface area contributed by atoms with Crippen molar-refractivity contribution < 1.29 is 9.53 Å². The quantitative estimate of drug-likeness (QED) is 0.413. The van der Waals surface area contributed by atoms with Crippen LogP contribution in [0.5, 0.6) is 0 Å². The maximum Gasteiger partial charge on any atom is 0.411 e. The lowest BCUT2D eigenvalue weighted by molar-refractivity contribution is 0.174. The van der Waals surface area contributed by atoms with Crippen molar-refractivity contribution in [2.24, 2.45) is 0 Å². The van der Waals surface area contributed by atoms with Gasteiger partial charge >= 0.3 is 6.09 Å². The van der Waals surface area contributed by atoms with Crippen molar-refractivity contribution in [3.63, 3.8) is 0 Å². The molecule has 0 saturated carbocycles. The third-order valence-corrected chi connectivity index (χ3v) is 4.75. The first kappa shape index (κ1) is 19.8. The monoisotopic (exact) mass is 415 g/mol. The largest absolute Gasteiger partial charge is 0.445 e. The summed E-state index contributed by atoms with van der Waals surface area (Å²) in [5.41, 5.74) is 2.84. The molecule has 7 nitrogen and oxygen atoms in total. The first-order valence-corrected chi connectivity index (χ1v) is 9.69. The van der Waals surface area contributed by atoms with Crippen molar-refractivity contribution in [2.45, 2.75) is 6.92 Å². The van der Waals surface area contributed by atoms with E-state index in [1.54, 1.807) is 18.3 Å². The topological polar surface area (TPSA) is 89.0 Å². The Bertz CT molecular complexity index is 992. The van der Waals surface area contributed by atoms with E-state index < -0.39 is 6.09 Å². The molecule has 28 heavy (non-hydrogen) atoms. The molecule has 0 fully saturated rings. The van der Waals surface area contributed by atoms with E-state index in [2.05, 4.69) is 27.2 Å². The van der Waals surface area contributed by atoms with Crippen LogP contribution in [0.2, 0.25) is 5.28 Å². The average Bonchev–Trinajstić information content (AvgIpc) is 3.11. The molecule has 0 unspecified atom stereocenters. The van der Waals surface area contributed by atoms with Gasteiger partial charge in [-0.25, -0.2) is 19.7 Å². The first-order valence-electron chi connectivity index (χ1n) is 8.49. The number of carbonyl (C=O) groups is 1. The molecule has 0 radical (unpaired) electrons. The molecular weight excluding hydrogens is 398 g/mol. The summed E-state index contributed by atoms with van der Waals surface area (Å²) in [5.74, 6) is 0. The standard InChI is InChI=1S/C19H18ClN5O2S/c1-3-10-27-19(26)23-13-7-5-6-12(11-13)15-16(28-18(25-15)21-4-2)14-8-9-22-17(20)24-14/h3,5-9,11H,1,4,10H2,2H3,(H,21,25)(H,23,26). The van der Waals surface area contributed by atoms with Gasteiger partial charge in [-0.3, -0.25) is 5.32 Å². The smallest absolute Gasteiger partial charge is 0.411 e. The lowest BCUT2D eigenvalue weighted by atomic mass is 10.1. The highest BCUT2D eigenvalue weighted by Gasteiger charge is 2.17. The molecule has 0 aliphatic carbocycles. The number of benzene rings is 1. The van der Waals surface area contributed by atoms with Crippen LogP contribution < -0.4 is 10.6 Å². The number of hydrogen-bond acceptors (Lipinski definition) is 7. The fourth-order valence-electron chi connectivity index (χ4n) is 2.41. The predicted molar refractivity (Wildman–Crippen MR) is 113 cm³/mol. The predicted octanol–water partition coefficient (Wildman–Crippen LogP) is 5.09. The molecule has 0 atom stereocenters. The van der Waals surface area contributed by atoms with Gasteiger partial charge in [-0.1, -0.05) is 36.1 Å². The molecule has 0 spiro atoms. The summed E-state index contributed by atoms with van der Waals surface area (Å²) in [5, 5.41) is 6.85. The maximum atomic E-state index is 11.8. The fraction of sp³-hybridized carbons (Fsp3) is 0.158. The van der Waals surface area contributed by atoms with Crippen molar-refractivity contribution in [1.82, 2.24) is 15.0 Å². The number of thiazole rings is 1. The number of halogens is 1.